The maximum absolute atomic E-state index is 12.2. The Labute approximate surface area is 120 Å². The zero-order valence-corrected chi connectivity index (χ0v) is 12.7. The van der Waals surface area contributed by atoms with Gasteiger partial charge in [-0.3, -0.25) is 4.79 Å². The Hall–Kier alpha value is -1.75. The molecule has 0 aromatic heterocycles. The summed E-state index contributed by atoms with van der Waals surface area (Å²) in [6.07, 6.45) is 1.44. The molecule has 1 aromatic carbocycles. The van der Waals surface area contributed by atoms with Crippen LogP contribution in [-0.2, 0) is 0 Å². The summed E-state index contributed by atoms with van der Waals surface area (Å²) in [4.78, 5) is 13.7. The van der Waals surface area contributed by atoms with Crippen molar-refractivity contribution in [2.24, 2.45) is 0 Å². The summed E-state index contributed by atoms with van der Waals surface area (Å²) in [5.74, 6) is -0.0741. The molecule has 0 radical (unpaired) electrons. The molecule has 1 rings (SSSR count). The van der Waals surface area contributed by atoms with Crippen molar-refractivity contribution in [3.8, 4) is 0 Å². The van der Waals surface area contributed by atoms with Crippen LogP contribution in [0.25, 0.3) is 0 Å². The molecule has 1 unspecified atom stereocenters. The Kier molecular flexibility index (Phi) is 5.39. The summed E-state index contributed by atoms with van der Waals surface area (Å²) in [6, 6.07) is 5.22. The monoisotopic (exact) mass is 279 g/mol. The van der Waals surface area contributed by atoms with E-state index in [1.165, 1.54) is 4.90 Å². The molecule has 0 aliphatic heterocycles. The van der Waals surface area contributed by atoms with Gasteiger partial charge in [0.05, 0.1) is 5.56 Å². The zero-order chi connectivity index (χ0) is 15.3. The minimum absolute atomic E-state index is 0.0741. The van der Waals surface area contributed by atoms with Crippen molar-refractivity contribution < 1.29 is 9.90 Å². The van der Waals surface area contributed by atoms with Gasteiger partial charge in [0.2, 0.25) is 0 Å². The predicted molar refractivity (Wildman–Crippen MR) is 82.9 cm³/mol. The van der Waals surface area contributed by atoms with Gasteiger partial charge in [-0.2, -0.15) is 0 Å². The van der Waals surface area contributed by atoms with Crippen LogP contribution in [0.15, 0.2) is 18.2 Å². The molecule has 0 heterocycles. The van der Waals surface area contributed by atoms with Gasteiger partial charge in [0.15, 0.2) is 0 Å². The highest BCUT2D eigenvalue weighted by molar-refractivity contribution is 6.00. The number of carbonyl (C=O) groups excluding carboxylic acids is 1. The molecule has 0 spiro atoms. The van der Waals surface area contributed by atoms with Gasteiger partial charge >= 0.3 is 0 Å². The Bertz CT molecular complexity index is 474. The minimum atomic E-state index is -0.274. The summed E-state index contributed by atoms with van der Waals surface area (Å²) >= 11 is 0. The topological polar surface area (TPSA) is 78.6 Å². The van der Waals surface area contributed by atoms with Crippen LogP contribution in [0, 0.1) is 0 Å². The van der Waals surface area contributed by atoms with E-state index < -0.39 is 0 Å². The fraction of sp³-hybridized carbons (Fsp3) is 0.533. The maximum Gasteiger partial charge on any atom is 0.255 e. The number of benzene rings is 1. The fourth-order valence-corrected chi connectivity index (χ4v) is 1.99. The van der Waals surface area contributed by atoms with Gasteiger partial charge < -0.3 is 21.1 Å². The van der Waals surface area contributed by atoms with Crippen molar-refractivity contribution in [1.29, 1.82) is 0 Å². The molecular formula is C15H25N3O2. The molecule has 1 aromatic rings. The van der Waals surface area contributed by atoms with Crippen molar-refractivity contribution in [3.63, 3.8) is 0 Å². The van der Waals surface area contributed by atoms with Crippen molar-refractivity contribution in [3.05, 3.63) is 23.8 Å². The first-order valence-electron chi connectivity index (χ1n) is 6.83. The summed E-state index contributed by atoms with van der Waals surface area (Å²) in [7, 11) is 3.43. The first-order chi connectivity index (χ1) is 9.33. The number of aliphatic hydroxyl groups is 1. The molecule has 112 valence electrons. The van der Waals surface area contributed by atoms with Gasteiger partial charge in [-0.05, 0) is 38.0 Å². The quantitative estimate of drug-likeness (QED) is 0.695. The number of hydrogen-bond donors (Lipinski definition) is 3. The standard InChI is InChI=1S/C15H25N3O2/c1-5-15(2,8-9-19)17-13-10-11(16)6-7-12(13)14(20)18(3)4/h6-7,10,17,19H,5,8-9,16H2,1-4H3. The highest BCUT2D eigenvalue weighted by Gasteiger charge is 2.24. The van der Waals surface area contributed by atoms with Crippen LogP contribution in [0.1, 0.15) is 37.0 Å². The normalized spacial score (nSPS) is 13.7. The lowest BCUT2D eigenvalue weighted by molar-refractivity contribution is 0.0828. The van der Waals surface area contributed by atoms with E-state index in [1.807, 2.05) is 13.8 Å². The molecule has 0 saturated heterocycles. The number of rotatable bonds is 6. The highest BCUT2D eigenvalue weighted by atomic mass is 16.3. The van der Waals surface area contributed by atoms with E-state index in [4.69, 9.17) is 5.73 Å². The molecule has 5 nitrogen and oxygen atoms in total. The SMILES string of the molecule is CCC(C)(CCO)Nc1cc(N)ccc1C(=O)N(C)C. The van der Waals surface area contributed by atoms with Gasteiger partial charge in [-0.1, -0.05) is 6.92 Å². The Morgan fingerprint density at radius 2 is 2.10 bits per heavy atom. The van der Waals surface area contributed by atoms with E-state index in [2.05, 4.69) is 5.32 Å². The van der Waals surface area contributed by atoms with Crippen LogP contribution in [0.5, 0.6) is 0 Å². The van der Waals surface area contributed by atoms with E-state index in [0.29, 0.717) is 23.4 Å². The van der Waals surface area contributed by atoms with Gasteiger partial charge in [-0.15, -0.1) is 0 Å². The van der Waals surface area contributed by atoms with Crippen molar-refractivity contribution in [2.75, 3.05) is 31.8 Å². The molecule has 4 N–H and O–H groups in total. The summed E-state index contributed by atoms with van der Waals surface area (Å²) < 4.78 is 0. The van der Waals surface area contributed by atoms with Crippen LogP contribution in [-0.4, -0.2) is 42.2 Å². The number of carbonyl (C=O) groups is 1. The second-order valence-corrected chi connectivity index (χ2v) is 5.52. The lowest BCUT2D eigenvalue weighted by Gasteiger charge is -2.31. The highest BCUT2D eigenvalue weighted by Crippen LogP contribution is 2.27. The van der Waals surface area contributed by atoms with Crippen LogP contribution in [0.2, 0.25) is 0 Å². The third kappa shape index (κ3) is 3.87. The Morgan fingerprint density at radius 1 is 1.45 bits per heavy atom. The molecule has 1 atom stereocenters. The first-order valence-corrected chi connectivity index (χ1v) is 6.83. The third-order valence-electron chi connectivity index (χ3n) is 3.56. The predicted octanol–water partition coefficient (Wildman–Crippen LogP) is 1.93. The van der Waals surface area contributed by atoms with E-state index >= 15 is 0 Å². The second-order valence-electron chi connectivity index (χ2n) is 5.52. The van der Waals surface area contributed by atoms with Gasteiger partial charge in [-0.25, -0.2) is 0 Å². The van der Waals surface area contributed by atoms with Crippen molar-refractivity contribution >= 4 is 17.3 Å². The molecule has 1 amide bonds. The van der Waals surface area contributed by atoms with Gasteiger partial charge in [0.1, 0.15) is 0 Å². The van der Waals surface area contributed by atoms with Crippen LogP contribution < -0.4 is 11.1 Å². The maximum atomic E-state index is 12.2. The van der Waals surface area contributed by atoms with Crippen LogP contribution in [0.4, 0.5) is 11.4 Å². The summed E-state index contributed by atoms with van der Waals surface area (Å²) in [5, 5.41) is 12.6. The number of nitrogens with one attached hydrogen (secondary N) is 1. The molecule has 20 heavy (non-hydrogen) atoms. The number of aliphatic hydroxyl groups excluding tert-OH is 1. The molecule has 0 bridgehead atoms. The average Bonchev–Trinajstić information content (AvgIpc) is 2.38. The zero-order valence-electron chi connectivity index (χ0n) is 12.7. The van der Waals surface area contributed by atoms with E-state index in [0.717, 1.165) is 6.42 Å². The molecule has 0 aliphatic rings. The number of nitrogen functional groups attached to an aromatic ring is 1. The molecule has 5 heteroatoms. The van der Waals surface area contributed by atoms with Crippen molar-refractivity contribution in [2.45, 2.75) is 32.2 Å². The third-order valence-corrected chi connectivity index (χ3v) is 3.56. The lowest BCUT2D eigenvalue weighted by atomic mass is 9.93. The number of nitrogens with zero attached hydrogens (tertiary/aromatic N) is 1. The number of amides is 1. The lowest BCUT2D eigenvalue weighted by Crippen LogP contribution is -2.36. The average molecular weight is 279 g/mol. The summed E-state index contributed by atoms with van der Waals surface area (Å²) in [6.45, 7) is 4.16. The van der Waals surface area contributed by atoms with E-state index in [1.54, 1.807) is 32.3 Å². The molecule has 0 saturated carbocycles. The Balaban J connectivity index is 3.15. The fourth-order valence-electron chi connectivity index (χ4n) is 1.99. The molecule has 0 fully saturated rings. The number of anilines is 2. The van der Waals surface area contributed by atoms with Gasteiger partial charge in [0, 0.05) is 37.6 Å². The molecular weight excluding hydrogens is 254 g/mol. The van der Waals surface area contributed by atoms with E-state index in [-0.39, 0.29) is 18.1 Å². The number of nitrogens with two attached hydrogens (primary N) is 1. The second kappa shape index (κ2) is 6.61. The van der Waals surface area contributed by atoms with Crippen LogP contribution >= 0.6 is 0 Å². The Morgan fingerprint density at radius 3 is 2.60 bits per heavy atom. The summed E-state index contributed by atoms with van der Waals surface area (Å²) in [5.41, 5.74) is 7.45. The minimum Gasteiger partial charge on any atom is -0.399 e. The van der Waals surface area contributed by atoms with Crippen molar-refractivity contribution in [1.82, 2.24) is 4.90 Å². The smallest absolute Gasteiger partial charge is 0.255 e. The van der Waals surface area contributed by atoms with Gasteiger partial charge in [0.25, 0.3) is 5.91 Å². The van der Waals surface area contributed by atoms with E-state index in [9.17, 15) is 9.90 Å². The molecule has 0 aliphatic carbocycles. The number of hydrogen-bond acceptors (Lipinski definition) is 4. The largest absolute Gasteiger partial charge is 0.399 e. The van der Waals surface area contributed by atoms with Crippen LogP contribution in [0.3, 0.4) is 0 Å². The first kappa shape index (κ1) is 16.3.